The van der Waals surface area contributed by atoms with Crippen LogP contribution in [0.4, 0.5) is 10.5 Å². The van der Waals surface area contributed by atoms with Gasteiger partial charge in [0.25, 0.3) is 0 Å². The highest BCUT2D eigenvalue weighted by molar-refractivity contribution is 5.91. The van der Waals surface area contributed by atoms with Crippen molar-refractivity contribution in [2.45, 2.75) is 12.5 Å². The first-order valence-corrected chi connectivity index (χ1v) is 4.94. The molecule has 1 unspecified atom stereocenters. The van der Waals surface area contributed by atoms with Crippen LogP contribution < -0.4 is 4.90 Å². The average Bonchev–Trinajstić information content (AvgIpc) is 2.58. The van der Waals surface area contributed by atoms with Gasteiger partial charge in [0.1, 0.15) is 17.9 Å². The maximum atomic E-state index is 11.6. The number of aromatic hydroxyl groups is 1. The van der Waals surface area contributed by atoms with E-state index in [1.54, 1.807) is 19.1 Å². The zero-order valence-corrected chi connectivity index (χ0v) is 8.88. The minimum atomic E-state index is -0.742. The van der Waals surface area contributed by atoms with Crippen LogP contribution in [-0.4, -0.2) is 35.1 Å². The van der Waals surface area contributed by atoms with Gasteiger partial charge in [0.05, 0.1) is 6.61 Å². The summed E-state index contributed by atoms with van der Waals surface area (Å²) in [6, 6.07) is 6.18. The SMILES string of the molecule is CC1(CO)COC(=O)N1c1ccc(O)cc1. The van der Waals surface area contributed by atoms with Crippen LogP contribution in [0.25, 0.3) is 0 Å². The number of hydrogen-bond acceptors (Lipinski definition) is 4. The minimum Gasteiger partial charge on any atom is -0.508 e. The quantitative estimate of drug-likeness (QED) is 0.787. The molecule has 1 aromatic carbocycles. The summed E-state index contributed by atoms with van der Waals surface area (Å²) in [5.41, 5.74) is -0.148. The molecule has 0 aromatic heterocycles. The normalized spacial score (nSPS) is 24.6. The number of carbonyl (C=O) groups is 1. The van der Waals surface area contributed by atoms with Crippen molar-refractivity contribution in [3.05, 3.63) is 24.3 Å². The third-order valence-electron chi connectivity index (χ3n) is 2.68. The number of phenolic OH excluding ortho intramolecular Hbond substituents is 1. The number of nitrogens with zero attached hydrogens (tertiary/aromatic N) is 1. The zero-order valence-electron chi connectivity index (χ0n) is 8.88. The molecular formula is C11H13NO4. The van der Waals surface area contributed by atoms with Crippen molar-refractivity contribution in [1.82, 2.24) is 0 Å². The Bertz CT molecular complexity index is 403. The van der Waals surface area contributed by atoms with Gasteiger partial charge in [-0.05, 0) is 31.2 Å². The molecule has 16 heavy (non-hydrogen) atoms. The molecule has 5 nitrogen and oxygen atoms in total. The van der Waals surface area contributed by atoms with E-state index in [2.05, 4.69) is 0 Å². The van der Waals surface area contributed by atoms with Gasteiger partial charge in [-0.15, -0.1) is 0 Å². The molecule has 5 heteroatoms. The number of anilines is 1. The van der Waals surface area contributed by atoms with E-state index in [0.717, 1.165) is 0 Å². The van der Waals surface area contributed by atoms with Gasteiger partial charge >= 0.3 is 6.09 Å². The minimum absolute atomic E-state index is 0.127. The molecule has 0 aliphatic carbocycles. The molecule has 0 spiro atoms. The smallest absolute Gasteiger partial charge is 0.415 e. The predicted molar refractivity (Wildman–Crippen MR) is 57.4 cm³/mol. The van der Waals surface area contributed by atoms with Crippen molar-refractivity contribution in [2.75, 3.05) is 18.1 Å². The number of amides is 1. The molecule has 1 amide bonds. The fourth-order valence-electron chi connectivity index (χ4n) is 1.70. The fraction of sp³-hybridized carbons (Fsp3) is 0.364. The molecule has 1 fully saturated rings. The van der Waals surface area contributed by atoms with Gasteiger partial charge in [0.2, 0.25) is 0 Å². The first-order chi connectivity index (χ1) is 7.57. The van der Waals surface area contributed by atoms with Gasteiger partial charge < -0.3 is 14.9 Å². The zero-order chi connectivity index (χ0) is 11.8. The van der Waals surface area contributed by atoms with Gasteiger partial charge in [0.15, 0.2) is 0 Å². The number of benzene rings is 1. The lowest BCUT2D eigenvalue weighted by atomic mass is 10.0. The number of ether oxygens (including phenoxy) is 1. The van der Waals surface area contributed by atoms with Crippen molar-refractivity contribution in [1.29, 1.82) is 0 Å². The van der Waals surface area contributed by atoms with Crippen molar-refractivity contribution >= 4 is 11.8 Å². The van der Waals surface area contributed by atoms with Crippen LogP contribution in [-0.2, 0) is 4.74 Å². The maximum absolute atomic E-state index is 11.6. The Morgan fingerprint density at radius 2 is 2.06 bits per heavy atom. The van der Waals surface area contributed by atoms with E-state index in [1.807, 2.05) is 0 Å². The van der Waals surface area contributed by atoms with Gasteiger partial charge in [-0.1, -0.05) is 0 Å². The summed E-state index contributed by atoms with van der Waals surface area (Å²) in [7, 11) is 0. The van der Waals surface area contributed by atoms with Crippen LogP contribution in [0.3, 0.4) is 0 Å². The first kappa shape index (κ1) is 10.8. The van der Waals surface area contributed by atoms with E-state index < -0.39 is 11.6 Å². The maximum Gasteiger partial charge on any atom is 0.415 e. The van der Waals surface area contributed by atoms with Crippen LogP contribution in [0.1, 0.15) is 6.92 Å². The summed E-state index contributed by atoms with van der Waals surface area (Å²) in [5.74, 6) is 0.127. The molecule has 0 saturated carbocycles. The van der Waals surface area contributed by atoms with Gasteiger partial charge in [-0.25, -0.2) is 4.79 Å². The van der Waals surface area contributed by atoms with E-state index in [-0.39, 0.29) is 19.0 Å². The summed E-state index contributed by atoms with van der Waals surface area (Å²) in [5, 5.41) is 18.5. The Morgan fingerprint density at radius 3 is 2.62 bits per heavy atom. The van der Waals surface area contributed by atoms with Gasteiger partial charge in [-0.2, -0.15) is 0 Å². The van der Waals surface area contributed by atoms with E-state index >= 15 is 0 Å². The third kappa shape index (κ3) is 1.59. The Balaban J connectivity index is 2.37. The van der Waals surface area contributed by atoms with Gasteiger partial charge in [0, 0.05) is 5.69 Å². The van der Waals surface area contributed by atoms with Crippen molar-refractivity contribution in [3.8, 4) is 5.75 Å². The first-order valence-electron chi connectivity index (χ1n) is 4.94. The molecule has 1 atom stereocenters. The second-order valence-corrected chi connectivity index (χ2v) is 4.06. The van der Waals surface area contributed by atoms with Crippen LogP contribution in [0.15, 0.2) is 24.3 Å². The number of rotatable bonds is 2. The Morgan fingerprint density at radius 1 is 1.44 bits per heavy atom. The second kappa shape index (κ2) is 3.68. The number of hydrogen-bond donors (Lipinski definition) is 2. The van der Waals surface area contributed by atoms with Crippen LogP contribution in [0, 0.1) is 0 Å². The van der Waals surface area contributed by atoms with E-state index in [1.165, 1.54) is 17.0 Å². The molecule has 2 rings (SSSR count). The molecule has 0 bridgehead atoms. The summed E-state index contributed by atoms with van der Waals surface area (Å²) < 4.78 is 4.92. The van der Waals surface area contributed by atoms with E-state index in [4.69, 9.17) is 9.84 Å². The molecule has 1 saturated heterocycles. The Kier molecular flexibility index (Phi) is 2.47. The van der Waals surface area contributed by atoms with Crippen molar-refractivity contribution in [2.24, 2.45) is 0 Å². The predicted octanol–water partition coefficient (Wildman–Crippen LogP) is 1.10. The van der Waals surface area contributed by atoms with Crippen molar-refractivity contribution in [3.63, 3.8) is 0 Å². The third-order valence-corrected chi connectivity index (χ3v) is 2.68. The Hall–Kier alpha value is -1.75. The standard InChI is InChI=1S/C11H13NO4/c1-11(6-13)7-16-10(15)12(11)8-2-4-9(14)5-3-8/h2-5,13-14H,6-7H2,1H3. The number of carbonyl (C=O) groups excluding carboxylic acids is 1. The average molecular weight is 223 g/mol. The lowest BCUT2D eigenvalue weighted by molar-refractivity contribution is 0.155. The van der Waals surface area contributed by atoms with Gasteiger partial charge in [-0.3, -0.25) is 4.90 Å². The summed E-state index contributed by atoms with van der Waals surface area (Å²) in [6.07, 6.45) is -0.484. The monoisotopic (exact) mass is 223 g/mol. The second-order valence-electron chi connectivity index (χ2n) is 4.06. The summed E-state index contributed by atoms with van der Waals surface area (Å²) in [6.45, 7) is 1.72. The number of aliphatic hydroxyl groups excluding tert-OH is 1. The van der Waals surface area contributed by atoms with Crippen LogP contribution in [0.2, 0.25) is 0 Å². The highest BCUT2D eigenvalue weighted by Gasteiger charge is 2.44. The molecule has 0 radical (unpaired) electrons. The van der Waals surface area contributed by atoms with Crippen LogP contribution in [0.5, 0.6) is 5.75 Å². The topological polar surface area (TPSA) is 70.0 Å². The molecule has 1 aromatic rings. The Labute approximate surface area is 92.9 Å². The summed E-state index contributed by atoms with van der Waals surface area (Å²) in [4.78, 5) is 13.0. The number of phenols is 1. The van der Waals surface area contributed by atoms with E-state index in [0.29, 0.717) is 5.69 Å². The summed E-state index contributed by atoms with van der Waals surface area (Å²) >= 11 is 0. The molecule has 1 aliphatic rings. The molecular weight excluding hydrogens is 210 g/mol. The lowest BCUT2D eigenvalue weighted by Gasteiger charge is -2.29. The van der Waals surface area contributed by atoms with Crippen molar-refractivity contribution < 1.29 is 19.7 Å². The number of aliphatic hydroxyl groups is 1. The molecule has 1 aliphatic heterocycles. The molecule has 1 heterocycles. The fourth-order valence-corrected chi connectivity index (χ4v) is 1.70. The molecule has 86 valence electrons. The largest absolute Gasteiger partial charge is 0.508 e. The molecule has 2 N–H and O–H groups in total. The number of cyclic esters (lactones) is 1. The lowest BCUT2D eigenvalue weighted by Crippen LogP contribution is -2.47. The highest BCUT2D eigenvalue weighted by atomic mass is 16.6. The van der Waals surface area contributed by atoms with E-state index in [9.17, 15) is 9.90 Å². The van der Waals surface area contributed by atoms with Crippen LogP contribution >= 0.6 is 0 Å². The highest BCUT2D eigenvalue weighted by Crippen LogP contribution is 2.31.